The molecule has 3 heteroatoms. The summed E-state index contributed by atoms with van der Waals surface area (Å²) >= 11 is 5.80. The molecule has 1 aromatic rings. The van der Waals surface area contributed by atoms with Crippen molar-refractivity contribution in [3.63, 3.8) is 0 Å². The molecule has 0 saturated heterocycles. The predicted molar refractivity (Wildman–Crippen MR) is 56.5 cm³/mol. The van der Waals surface area contributed by atoms with Gasteiger partial charge in [0, 0.05) is 16.3 Å². The monoisotopic (exact) mass is 197 g/mol. The molecule has 0 bridgehead atoms. The summed E-state index contributed by atoms with van der Waals surface area (Å²) in [6.07, 6.45) is 3.41. The van der Waals surface area contributed by atoms with E-state index in [9.17, 15) is 0 Å². The van der Waals surface area contributed by atoms with Gasteiger partial charge in [0.1, 0.15) is 0 Å². The van der Waals surface area contributed by atoms with Crippen molar-refractivity contribution >= 4 is 23.4 Å². The lowest BCUT2D eigenvalue weighted by Gasteiger charge is -2.00. The fourth-order valence-corrected chi connectivity index (χ4v) is 1.09. The van der Waals surface area contributed by atoms with Crippen LogP contribution >= 0.6 is 11.6 Å². The highest BCUT2D eigenvalue weighted by Gasteiger charge is 1.95. The van der Waals surface area contributed by atoms with E-state index >= 15 is 0 Å². The average molecular weight is 198 g/mol. The third-order valence-electron chi connectivity index (χ3n) is 1.56. The number of nitrogens with two attached hydrogens (primary N) is 1. The van der Waals surface area contributed by atoms with E-state index in [0.717, 1.165) is 5.56 Å². The van der Waals surface area contributed by atoms with Gasteiger partial charge in [0.05, 0.1) is 12.9 Å². The first-order valence-corrected chi connectivity index (χ1v) is 4.45. The Morgan fingerprint density at radius 2 is 2.31 bits per heavy atom. The minimum Gasteiger partial charge on any atom is -0.501 e. The molecule has 13 heavy (non-hydrogen) atoms. The van der Waals surface area contributed by atoms with Crippen LogP contribution in [0.2, 0.25) is 5.02 Å². The van der Waals surface area contributed by atoms with Crippen molar-refractivity contribution in [2.75, 3.05) is 12.3 Å². The Labute approximate surface area is 83.0 Å². The maximum Gasteiger partial charge on any atom is 0.0845 e. The van der Waals surface area contributed by atoms with Gasteiger partial charge < -0.3 is 10.5 Å². The zero-order valence-corrected chi connectivity index (χ0v) is 8.21. The van der Waals surface area contributed by atoms with Crippen molar-refractivity contribution in [3.8, 4) is 0 Å². The van der Waals surface area contributed by atoms with E-state index in [4.69, 9.17) is 22.1 Å². The molecule has 0 aromatic heterocycles. The van der Waals surface area contributed by atoms with Gasteiger partial charge in [-0.2, -0.15) is 0 Å². The van der Waals surface area contributed by atoms with Gasteiger partial charge in [0.25, 0.3) is 0 Å². The number of nitrogen functional groups attached to an aromatic ring is 1. The fourth-order valence-electron chi connectivity index (χ4n) is 0.908. The second-order valence-electron chi connectivity index (χ2n) is 2.53. The minimum atomic E-state index is 0.650. The smallest absolute Gasteiger partial charge is 0.0845 e. The van der Waals surface area contributed by atoms with Crippen LogP contribution in [0, 0.1) is 0 Å². The fraction of sp³-hybridized carbons (Fsp3) is 0.200. The third-order valence-corrected chi connectivity index (χ3v) is 1.79. The lowest BCUT2D eigenvalue weighted by Crippen LogP contribution is -1.88. The first-order valence-electron chi connectivity index (χ1n) is 4.07. The molecule has 0 saturated carbocycles. The van der Waals surface area contributed by atoms with Crippen LogP contribution in [-0.2, 0) is 4.74 Å². The normalized spacial score (nSPS) is 10.6. The number of rotatable bonds is 3. The van der Waals surface area contributed by atoms with Crippen molar-refractivity contribution in [1.82, 2.24) is 0 Å². The standard InChI is InChI=1S/C10H12ClNO/c1-2-13-6-5-8-7-9(11)3-4-10(8)12/h3-7H,2,12H2,1H3/b6-5+. The molecule has 2 nitrogen and oxygen atoms in total. The first-order chi connectivity index (χ1) is 6.24. The lowest BCUT2D eigenvalue weighted by molar-refractivity contribution is 0.272. The molecule has 0 heterocycles. The van der Waals surface area contributed by atoms with E-state index in [1.807, 2.05) is 6.92 Å². The summed E-state index contributed by atoms with van der Waals surface area (Å²) in [4.78, 5) is 0. The van der Waals surface area contributed by atoms with Gasteiger partial charge in [-0.05, 0) is 31.2 Å². The van der Waals surface area contributed by atoms with Crippen molar-refractivity contribution in [1.29, 1.82) is 0 Å². The Bertz CT molecular complexity index is 310. The first kappa shape index (κ1) is 9.93. The average Bonchev–Trinajstić information content (AvgIpc) is 2.11. The number of halogens is 1. The lowest BCUT2D eigenvalue weighted by atomic mass is 10.2. The highest BCUT2D eigenvalue weighted by atomic mass is 35.5. The Balaban J connectivity index is 2.81. The summed E-state index contributed by atoms with van der Waals surface area (Å²) < 4.78 is 5.05. The molecular weight excluding hydrogens is 186 g/mol. The molecule has 0 radical (unpaired) electrons. The van der Waals surface area contributed by atoms with Crippen molar-refractivity contribution < 1.29 is 4.74 Å². The minimum absolute atomic E-state index is 0.650. The highest BCUT2D eigenvalue weighted by molar-refractivity contribution is 6.30. The van der Waals surface area contributed by atoms with Crippen molar-refractivity contribution in [2.45, 2.75) is 6.92 Å². The third kappa shape index (κ3) is 2.99. The Morgan fingerprint density at radius 1 is 1.54 bits per heavy atom. The zero-order valence-electron chi connectivity index (χ0n) is 7.46. The van der Waals surface area contributed by atoms with Crippen LogP contribution in [0.4, 0.5) is 5.69 Å². The summed E-state index contributed by atoms with van der Waals surface area (Å²) in [5.74, 6) is 0. The Morgan fingerprint density at radius 3 is 3.00 bits per heavy atom. The van der Waals surface area contributed by atoms with E-state index in [1.54, 1.807) is 30.5 Å². The molecule has 0 fully saturated rings. The molecule has 1 rings (SSSR count). The van der Waals surface area contributed by atoms with Crippen LogP contribution in [0.15, 0.2) is 24.5 Å². The zero-order chi connectivity index (χ0) is 9.68. The number of benzene rings is 1. The van der Waals surface area contributed by atoms with Crippen molar-refractivity contribution in [3.05, 3.63) is 35.0 Å². The van der Waals surface area contributed by atoms with Crippen LogP contribution in [0.5, 0.6) is 0 Å². The molecule has 2 N–H and O–H groups in total. The highest BCUT2D eigenvalue weighted by Crippen LogP contribution is 2.18. The maximum absolute atomic E-state index is 5.80. The van der Waals surface area contributed by atoms with Crippen LogP contribution < -0.4 is 5.73 Å². The number of ether oxygens (including phenoxy) is 1. The summed E-state index contributed by atoms with van der Waals surface area (Å²) in [5, 5.41) is 0.672. The quantitative estimate of drug-likeness (QED) is 0.598. The summed E-state index contributed by atoms with van der Waals surface area (Å²) in [5.41, 5.74) is 7.28. The largest absolute Gasteiger partial charge is 0.501 e. The van der Waals surface area contributed by atoms with Gasteiger partial charge in [0.15, 0.2) is 0 Å². The van der Waals surface area contributed by atoms with E-state index in [0.29, 0.717) is 17.3 Å². The van der Waals surface area contributed by atoms with Crippen LogP contribution in [-0.4, -0.2) is 6.61 Å². The number of hydrogen-bond donors (Lipinski definition) is 1. The number of anilines is 1. The van der Waals surface area contributed by atoms with Gasteiger partial charge in [-0.3, -0.25) is 0 Å². The van der Waals surface area contributed by atoms with Crippen LogP contribution in [0.3, 0.4) is 0 Å². The summed E-state index contributed by atoms with van der Waals surface area (Å²) in [6.45, 7) is 2.57. The molecule has 0 aliphatic rings. The molecule has 0 aliphatic carbocycles. The van der Waals surface area contributed by atoms with E-state index in [-0.39, 0.29) is 0 Å². The molecule has 0 atom stereocenters. The molecule has 0 amide bonds. The Hall–Kier alpha value is -1.15. The molecule has 0 aliphatic heterocycles. The second-order valence-corrected chi connectivity index (χ2v) is 2.97. The van der Waals surface area contributed by atoms with Gasteiger partial charge >= 0.3 is 0 Å². The SMILES string of the molecule is CCO/C=C/c1cc(Cl)ccc1N. The van der Waals surface area contributed by atoms with Gasteiger partial charge in [-0.25, -0.2) is 0 Å². The van der Waals surface area contributed by atoms with Crippen LogP contribution in [0.1, 0.15) is 12.5 Å². The topological polar surface area (TPSA) is 35.2 Å². The molecule has 0 unspecified atom stereocenters. The van der Waals surface area contributed by atoms with Crippen molar-refractivity contribution in [2.24, 2.45) is 0 Å². The maximum atomic E-state index is 5.80. The summed E-state index contributed by atoms with van der Waals surface area (Å²) in [6, 6.07) is 5.33. The van der Waals surface area contributed by atoms with Gasteiger partial charge in [0.2, 0.25) is 0 Å². The second kappa shape index (κ2) is 4.77. The van der Waals surface area contributed by atoms with Gasteiger partial charge in [-0.15, -0.1) is 0 Å². The van der Waals surface area contributed by atoms with E-state index in [1.165, 1.54) is 0 Å². The number of hydrogen-bond acceptors (Lipinski definition) is 2. The molecule has 70 valence electrons. The van der Waals surface area contributed by atoms with Gasteiger partial charge in [-0.1, -0.05) is 11.6 Å². The Kier molecular flexibility index (Phi) is 3.65. The van der Waals surface area contributed by atoms with E-state index < -0.39 is 0 Å². The molecular formula is C10H12ClNO. The molecule has 1 aromatic carbocycles. The van der Waals surface area contributed by atoms with E-state index in [2.05, 4.69) is 0 Å². The predicted octanol–water partition coefficient (Wildman–Crippen LogP) is 2.93. The summed E-state index contributed by atoms with van der Waals surface area (Å²) in [7, 11) is 0. The molecule has 0 spiro atoms. The van der Waals surface area contributed by atoms with Crippen LogP contribution in [0.25, 0.3) is 6.08 Å².